The van der Waals surface area contributed by atoms with Gasteiger partial charge in [0.15, 0.2) is 0 Å². The second-order valence-corrected chi connectivity index (χ2v) is 11.7. The molecule has 0 fully saturated rings. The molecule has 230 valence electrons. The summed E-state index contributed by atoms with van der Waals surface area (Å²) in [6, 6.07) is 0. The molecule has 0 aliphatic rings. The van der Waals surface area contributed by atoms with Crippen molar-refractivity contribution in [2.24, 2.45) is 5.73 Å². The summed E-state index contributed by atoms with van der Waals surface area (Å²) in [4.78, 5) is 0. The maximum Gasteiger partial charge on any atom is 0.0575 e. The van der Waals surface area contributed by atoms with Crippen LogP contribution in [0, 0.1) is 0 Å². The molecule has 0 aromatic rings. The number of rotatable bonds is 32. The van der Waals surface area contributed by atoms with E-state index in [-0.39, 0.29) is 17.0 Å². The maximum atomic E-state index is 6.21. The maximum absolute atomic E-state index is 6.21. The standard InChI is InChI=1S/C35H71NO.BrH/c1-3-5-7-9-11-13-15-17-18-19-21-23-25-27-29-32-35(37-34-30-33-36)31-28-26-24-22-20-16-14-12-10-8-6-4-2;/h17-18,35H,3-16,19-34,36H2,1-2H3;1H/b18-17-;. The van der Waals surface area contributed by atoms with Gasteiger partial charge in [0, 0.05) is 6.61 Å². The molecule has 2 N–H and O–H groups in total. The lowest BCUT2D eigenvalue weighted by atomic mass is 10.0. The van der Waals surface area contributed by atoms with Gasteiger partial charge in [0.25, 0.3) is 0 Å². The summed E-state index contributed by atoms with van der Waals surface area (Å²) in [6.45, 7) is 6.19. The van der Waals surface area contributed by atoms with Crippen molar-refractivity contribution >= 4 is 17.0 Å². The quantitative estimate of drug-likeness (QED) is 0.0614. The molecule has 0 aromatic heterocycles. The molecule has 0 heterocycles. The van der Waals surface area contributed by atoms with Gasteiger partial charge in [-0.25, -0.2) is 0 Å². The van der Waals surface area contributed by atoms with Gasteiger partial charge in [0.05, 0.1) is 6.10 Å². The van der Waals surface area contributed by atoms with E-state index in [1.54, 1.807) is 0 Å². The summed E-state index contributed by atoms with van der Waals surface area (Å²) < 4.78 is 6.21. The molecule has 0 saturated heterocycles. The third-order valence-electron chi connectivity index (χ3n) is 7.87. The third kappa shape index (κ3) is 34.2. The molecule has 0 aromatic carbocycles. The summed E-state index contributed by atoms with van der Waals surface area (Å²) in [6.07, 6.45) is 43.7. The lowest BCUT2D eigenvalue weighted by Crippen LogP contribution is -2.16. The second kappa shape index (κ2) is 37.1. The minimum Gasteiger partial charge on any atom is -0.378 e. The topological polar surface area (TPSA) is 35.2 Å². The van der Waals surface area contributed by atoms with Crippen molar-refractivity contribution in [1.29, 1.82) is 0 Å². The fourth-order valence-electron chi connectivity index (χ4n) is 5.30. The van der Waals surface area contributed by atoms with Crippen LogP contribution in [0.1, 0.15) is 194 Å². The molecule has 1 atom stereocenters. The molecular formula is C35H72BrNO. The molecule has 0 rings (SSSR count). The fourth-order valence-corrected chi connectivity index (χ4v) is 5.30. The molecule has 0 aliphatic heterocycles. The van der Waals surface area contributed by atoms with Gasteiger partial charge in [0.1, 0.15) is 0 Å². The summed E-state index contributed by atoms with van der Waals surface area (Å²) in [7, 11) is 0. The molecule has 0 amide bonds. The Morgan fingerprint density at radius 2 is 0.816 bits per heavy atom. The van der Waals surface area contributed by atoms with Gasteiger partial charge in [-0.2, -0.15) is 0 Å². The Balaban J connectivity index is 0. The van der Waals surface area contributed by atoms with Crippen LogP contribution in [0.4, 0.5) is 0 Å². The highest BCUT2D eigenvalue weighted by Gasteiger charge is 2.09. The van der Waals surface area contributed by atoms with Crippen LogP contribution in [-0.2, 0) is 4.74 Å². The van der Waals surface area contributed by atoms with Crippen LogP contribution >= 0.6 is 17.0 Å². The van der Waals surface area contributed by atoms with E-state index in [1.807, 2.05) is 0 Å². The average Bonchev–Trinajstić information content (AvgIpc) is 2.91. The second-order valence-electron chi connectivity index (χ2n) is 11.7. The highest BCUT2D eigenvalue weighted by Crippen LogP contribution is 2.18. The SMILES string of the molecule is Br.CCCCCCCC/C=C\CCCCCCCC(CCCCCCCCCCCCCC)OCCCN. The van der Waals surface area contributed by atoms with Gasteiger partial charge in [-0.05, 0) is 51.5 Å². The predicted molar refractivity (Wildman–Crippen MR) is 179 cm³/mol. The molecule has 2 nitrogen and oxygen atoms in total. The van der Waals surface area contributed by atoms with E-state index in [4.69, 9.17) is 10.5 Å². The van der Waals surface area contributed by atoms with Crippen LogP contribution in [0.15, 0.2) is 12.2 Å². The van der Waals surface area contributed by atoms with E-state index in [1.165, 1.54) is 173 Å². The lowest BCUT2D eigenvalue weighted by Gasteiger charge is -2.18. The lowest BCUT2D eigenvalue weighted by molar-refractivity contribution is 0.0376. The van der Waals surface area contributed by atoms with Gasteiger partial charge >= 0.3 is 0 Å². The van der Waals surface area contributed by atoms with Crippen molar-refractivity contribution in [3.8, 4) is 0 Å². The zero-order valence-electron chi connectivity index (χ0n) is 26.3. The zero-order chi connectivity index (χ0) is 26.9. The van der Waals surface area contributed by atoms with Gasteiger partial charge < -0.3 is 10.5 Å². The molecule has 0 radical (unpaired) electrons. The van der Waals surface area contributed by atoms with Crippen molar-refractivity contribution in [2.45, 2.75) is 200 Å². The van der Waals surface area contributed by atoms with E-state index >= 15 is 0 Å². The van der Waals surface area contributed by atoms with Crippen molar-refractivity contribution in [2.75, 3.05) is 13.2 Å². The van der Waals surface area contributed by atoms with Crippen LogP contribution in [0.5, 0.6) is 0 Å². The van der Waals surface area contributed by atoms with Crippen molar-refractivity contribution in [3.63, 3.8) is 0 Å². The molecule has 38 heavy (non-hydrogen) atoms. The van der Waals surface area contributed by atoms with Crippen LogP contribution in [0.25, 0.3) is 0 Å². The Morgan fingerprint density at radius 1 is 0.474 bits per heavy atom. The van der Waals surface area contributed by atoms with E-state index in [2.05, 4.69) is 26.0 Å². The molecule has 0 spiro atoms. The van der Waals surface area contributed by atoms with Crippen LogP contribution in [0.2, 0.25) is 0 Å². The van der Waals surface area contributed by atoms with E-state index in [0.717, 1.165) is 19.6 Å². The van der Waals surface area contributed by atoms with Crippen molar-refractivity contribution in [3.05, 3.63) is 12.2 Å². The normalized spacial score (nSPS) is 12.3. The largest absolute Gasteiger partial charge is 0.378 e. The minimum atomic E-state index is 0. The van der Waals surface area contributed by atoms with E-state index in [0.29, 0.717) is 6.10 Å². The number of nitrogens with two attached hydrogens (primary N) is 1. The molecule has 0 aliphatic carbocycles. The highest BCUT2D eigenvalue weighted by molar-refractivity contribution is 8.93. The average molecular weight is 603 g/mol. The smallest absolute Gasteiger partial charge is 0.0575 e. The number of unbranched alkanes of at least 4 members (excludes halogenated alkanes) is 22. The van der Waals surface area contributed by atoms with Crippen LogP contribution in [0.3, 0.4) is 0 Å². The molecular weight excluding hydrogens is 530 g/mol. The number of hydrogen-bond donors (Lipinski definition) is 1. The molecule has 0 bridgehead atoms. The summed E-state index contributed by atoms with van der Waals surface area (Å²) in [5.74, 6) is 0. The minimum absolute atomic E-state index is 0. The first-order valence-electron chi connectivity index (χ1n) is 17.3. The van der Waals surface area contributed by atoms with E-state index < -0.39 is 0 Å². The Bertz CT molecular complexity index is 428. The van der Waals surface area contributed by atoms with Gasteiger partial charge in [0.2, 0.25) is 0 Å². The van der Waals surface area contributed by atoms with Gasteiger partial charge in [-0.1, -0.05) is 161 Å². The van der Waals surface area contributed by atoms with Gasteiger partial charge in [-0.15, -0.1) is 17.0 Å². The highest BCUT2D eigenvalue weighted by atomic mass is 79.9. The number of halogens is 1. The Labute approximate surface area is 251 Å². The van der Waals surface area contributed by atoms with Gasteiger partial charge in [-0.3, -0.25) is 0 Å². The monoisotopic (exact) mass is 601 g/mol. The predicted octanol–water partition coefficient (Wildman–Crippen LogP) is 12.4. The van der Waals surface area contributed by atoms with Crippen LogP contribution in [-0.4, -0.2) is 19.3 Å². The Kier molecular flexibility index (Phi) is 39.4. The Morgan fingerprint density at radius 3 is 1.18 bits per heavy atom. The van der Waals surface area contributed by atoms with Crippen molar-refractivity contribution in [1.82, 2.24) is 0 Å². The Hall–Kier alpha value is 0.140. The molecule has 3 heteroatoms. The fraction of sp³-hybridized carbons (Fsp3) is 0.943. The first kappa shape index (κ1) is 40.3. The summed E-state index contributed by atoms with van der Waals surface area (Å²) in [5, 5.41) is 0. The number of allylic oxidation sites excluding steroid dienone is 2. The van der Waals surface area contributed by atoms with Crippen LogP contribution < -0.4 is 5.73 Å². The molecule has 1 unspecified atom stereocenters. The van der Waals surface area contributed by atoms with Crippen molar-refractivity contribution < 1.29 is 4.74 Å². The first-order valence-corrected chi connectivity index (χ1v) is 17.3. The van der Waals surface area contributed by atoms with E-state index in [9.17, 15) is 0 Å². The first-order chi connectivity index (χ1) is 18.3. The number of ether oxygens (including phenoxy) is 1. The number of hydrogen-bond acceptors (Lipinski definition) is 2. The summed E-state index contributed by atoms with van der Waals surface area (Å²) >= 11 is 0. The third-order valence-corrected chi connectivity index (χ3v) is 7.87. The zero-order valence-corrected chi connectivity index (χ0v) is 28.1. The molecule has 0 saturated carbocycles. The summed E-state index contributed by atoms with van der Waals surface area (Å²) in [5.41, 5.74) is 5.69.